The van der Waals surface area contributed by atoms with Gasteiger partial charge in [-0.1, -0.05) is 30.3 Å². The molecule has 5 heteroatoms. The molecule has 0 unspecified atom stereocenters. The van der Waals surface area contributed by atoms with E-state index in [0.717, 1.165) is 11.8 Å². The lowest BCUT2D eigenvalue weighted by Gasteiger charge is -2.02. The largest absolute Gasteiger partial charge is 0.618 e. The molecule has 0 bridgehead atoms. The smallest absolute Gasteiger partial charge is 0.313 e. The third-order valence-corrected chi connectivity index (χ3v) is 3.09. The predicted octanol–water partition coefficient (Wildman–Crippen LogP) is 1.30. The van der Waals surface area contributed by atoms with Crippen molar-refractivity contribution in [3.63, 3.8) is 0 Å². The van der Waals surface area contributed by atoms with Crippen LogP contribution in [-0.4, -0.2) is 4.98 Å². The van der Waals surface area contributed by atoms with Gasteiger partial charge in [0.25, 0.3) is 5.03 Å². The maximum atomic E-state index is 11.3. The standard InChI is InChI=1S/C11H10N2O2S/c14-10-7-13(15)11(6-12-10)16-8-9-4-2-1-3-5-9/h1-7H,8H2,(H,12,14). The van der Waals surface area contributed by atoms with E-state index in [9.17, 15) is 10.0 Å². The fourth-order valence-electron chi connectivity index (χ4n) is 1.24. The number of hydrogen-bond acceptors (Lipinski definition) is 3. The lowest BCUT2D eigenvalue weighted by Crippen LogP contribution is -2.34. The zero-order chi connectivity index (χ0) is 11.4. The molecule has 0 radical (unpaired) electrons. The van der Waals surface area contributed by atoms with E-state index in [1.807, 2.05) is 30.3 Å². The van der Waals surface area contributed by atoms with Crippen LogP contribution in [0.25, 0.3) is 0 Å². The second-order valence-electron chi connectivity index (χ2n) is 3.22. The van der Waals surface area contributed by atoms with Gasteiger partial charge in [0, 0.05) is 5.75 Å². The highest BCUT2D eigenvalue weighted by Gasteiger charge is 2.06. The third kappa shape index (κ3) is 2.64. The van der Waals surface area contributed by atoms with Gasteiger partial charge < -0.3 is 10.2 Å². The zero-order valence-electron chi connectivity index (χ0n) is 8.42. The number of hydrogen-bond donors (Lipinski definition) is 1. The number of aromatic amines is 1. The Balaban J connectivity index is 2.08. The molecule has 0 fully saturated rings. The van der Waals surface area contributed by atoms with Crippen molar-refractivity contribution in [3.8, 4) is 0 Å². The van der Waals surface area contributed by atoms with Crippen molar-refractivity contribution in [2.75, 3.05) is 0 Å². The van der Waals surface area contributed by atoms with Crippen molar-refractivity contribution in [2.24, 2.45) is 0 Å². The number of thioether (sulfide) groups is 1. The average molecular weight is 234 g/mol. The highest BCUT2D eigenvalue weighted by Crippen LogP contribution is 2.17. The summed E-state index contributed by atoms with van der Waals surface area (Å²) in [4.78, 5) is 13.3. The molecular formula is C11H10N2O2S. The van der Waals surface area contributed by atoms with Crippen LogP contribution in [-0.2, 0) is 5.75 Å². The molecule has 1 N–H and O–H groups in total. The van der Waals surface area contributed by atoms with E-state index in [-0.39, 0.29) is 5.56 Å². The van der Waals surface area contributed by atoms with Gasteiger partial charge in [0.05, 0.1) is 6.20 Å². The van der Waals surface area contributed by atoms with Crippen molar-refractivity contribution in [1.82, 2.24) is 4.98 Å². The lowest BCUT2D eigenvalue weighted by molar-refractivity contribution is -0.647. The molecule has 0 amide bonds. The monoisotopic (exact) mass is 234 g/mol. The highest BCUT2D eigenvalue weighted by molar-refractivity contribution is 7.98. The van der Waals surface area contributed by atoms with E-state index >= 15 is 0 Å². The number of nitrogens with one attached hydrogen (secondary N) is 1. The minimum atomic E-state index is -0.390. The fraction of sp³-hybridized carbons (Fsp3) is 0.0909. The minimum absolute atomic E-state index is 0.390. The van der Waals surface area contributed by atoms with E-state index in [1.165, 1.54) is 18.0 Å². The molecule has 1 aromatic carbocycles. The van der Waals surface area contributed by atoms with Crippen molar-refractivity contribution in [2.45, 2.75) is 10.8 Å². The summed E-state index contributed by atoms with van der Waals surface area (Å²) in [5, 5.41) is 11.8. The van der Waals surface area contributed by atoms with Crippen LogP contribution in [0.3, 0.4) is 0 Å². The third-order valence-electron chi connectivity index (χ3n) is 2.02. The molecule has 0 spiro atoms. The van der Waals surface area contributed by atoms with Gasteiger partial charge in [0.1, 0.15) is 0 Å². The first-order valence-corrected chi connectivity index (χ1v) is 5.73. The van der Waals surface area contributed by atoms with E-state index in [0.29, 0.717) is 15.5 Å². The Morgan fingerprint density at radius 2 is 2.06 bits per heavy atom. The highest BCUT2D eigenvalue weighted by atomic mass is 32.2. The predicted molar refractivity (Wildman–Crippen MR) is 62.0 cm³/mol. The summed E-state index contributed by atoms with van der Waals surface area (Å²) in [5.74, 6) is 0.703. The van der Waals surface area contributed by atoms with Crippen LogP contribution in [0.4, 0.5) is 0 Å². The number of aromatic nitrogens is 2. The number of nitrogens with zero attached hydrogens (tertiary/aromatic N) is 1. The molecule has 0 saturated heterocycles. The van der Waals surface area contributed by atoms with Crippen LogP contribution < -0.4 is 10.3 Å². The van der Waals surface area contributed by atoms with Crippen LogP contribution in [0, 0.1) is 5.21 Å². The van der Waals surface area contributed by atoms with Crippen molar-refractivity contribution in [1.29, 1.82) is 0 Å². The van der Waals surface area contributed by atoms with Gasteiger partial charge in [-0.25, -0.2) is 0 Å². The Labute approximate surface area is 96.5 Å². The van der Waals surface area contributed by atoms with Crippen LogP contribution >= 0.6 is 11.8 Å². The molecule has 4 nitrogen and oxygen atoms in total. The van der Waals surface area contributed by atoms with E-state index in [4.69, 9.17) is 0 Å². The summed E-state index contributed by atoms with van der Waals surface area (Å²) in [6.07, 6.45) is 2.43. The summed E-state index contributed by atoms with van der Waals surface area (Å²) < 4.78 is 0.590. The Morgan fingerprint density at radius 3 is 2.75 bits per heavy atom. The first kappa shape index (κ1) is 10.8. The molecule has 82 valence electrons. The number of benzene rings is 1. The van der Waals surface area contributed by atoms with Gasteiger partial charge in [0.15, 0.2) is 0 Å². The molecule has 0 atom stereocenters. The normalized spacial score (nSPS) is 10.2. The second-order valence-corrected chi connectivity index (χ2v) is 4.22. The molecule has 16 heavy (non-hydrogen) atoms. The Morgan fingerprint density at radius 1 is 1.31 bits per heavy atom. The minimum Gasteiger partial charge on any atom is -0.618 e. The molecule has 1 heterocycles. The fourth-order valence-corrected chi connectivity index (χ4v) is 2.07. The summed E-state index contributed by atoms with van der Waals surface area (Å²) in [6, 6.07) is 9.84. The molecule has 2 aromatic rings. The van der Waals surface area contributed by atoms with E-state index < -0.39 is 0 Å². The number of rotatable bonds is 3. The molecule has 1 aromatic heterocycles. The van der Waals surface area contributed by atoms with E-state index in [2.05, 4.69) is 4.98 Å². The Hall–Kier alpha value is -1.75. The summed E-state index contributed by atoms with van der Waals surface area (Å²) in [6.45, 7) is 0. The van der Waals surface area contributed by atoms with Crippen molar-refractivity contribution < 1.29 is 4.73 Å². The molecule has 0 saturated carbocycles. The topological polar surface area (TPSA) is 59.8 Å². The second kappa shape index (κ2) is 4.85. The maximum absolute atomic E-state index is 11.3. The summed E-state index contributed by atoms with van der Waals surface area (Å²) >= 11 is 1.39. The van der Waals surface area contributed by atoms with Crippen LogP contribution in [0.15, 0.2) is 52.5 Å². The van der Waals surface area contributed by atoms with Crippen LogP contribution in [0.1, 0.15) is 5.56 Å². The quantitative estimate of drug-likeness (QED) is 0.494. The molecule has 0 aliphatic rings. The maximum Gasteiger partial charge on any atom is 0.313 e. The van der Waals surface area contributed by atoms with Crippen LogP contribution in [0.2, 0.25) is 0 Å². The van der Waals surface area contributed by atoms with Gasteiger partial charge in [-0.15, -0.1) is 0 Å². The van der Waals surface area contributed by atoms with E-state index in [1.54, 1.807) is 0 Å². The zero-order valence-corrected chi connectivity index (χ0v) is 9.24. The molecular weight excluding hydrogens is 224 g/mol. The SMILES string of the molecule is O=c1c[n+]([O-])c(SCc2ccccc2)c[nH]1. The Kier molecular flexibility index (Phi) is 3.26. The van der Waals surface area contributed by atoms with Gasteiger partial charge in [-0.05, 0) is 17.3 Å². The van der Waals surface area contributed by atoms with Gasteiger partial charge in [-0.2, -0.15) is 4.73 Å². The first-order chi connectivity index (χ1) is 7.75. The van der Waals surface area contributed by atoms with Gasteiger partial charge in [-0.3, -0.25) is 4.79 Å². The summed E-state index contributed by atoms with van der Waals surface area (Å²) in [7, 11) is 0. The molecule has 0 aliphatic carbocycles. The first-order valence-electron chi connectivity index (χ1n) is 4.74. The van der Waals surface area contributed by atoms with Crippen LogP contribution in [0.5, 0.6) is 0 Å². The molecule has 2 rings (SSSR count). The van der Waals surface area contributed by atoms with Gasteiger partial charge in [0.2, 0.25) is 6.20 Å². The number of H-pyrrole nitrogens is 1. The average Bonchev–Trinajstić information content (AvgIpc) is 2.29. The van der Waals surface area contributed by atoms with Crippen molar-refractivity contribution >= 4 is 11.8 Å². The lowest BCUT2D eigenvalue weighted by atomic mass is 10.2. The van der Waals surface area contributed by atoms with Gasteiger partial charge >= 0.3 is 5.56 Å². The molecule has 0 aliphatic heterocycles. The van der Waals surface area contributed by atoms with Crippen molar-refractivity contribution in [3.05, 3.63) is 63.9 Å². The Bertz CT molecular complexity index is 525. The summed E-state index contributed by atoms with van der Waals surface area (Å²) in [5.41, 5.74) is 0.748.